The maximum Gasteiger partial charge on any atom is 0.349 e. The topological polar surface area (TPSA) is 93.7 Å². The van der Waals surface area contributed by atoms with E-state index in [1.807, 2.05) is 5.32 Å². The molecule has 0 aliphatic heterocycles. The Balaban J connectivity index is 2.20. The first-order chi connectivity index (χ1) is 11.5. The van der Waals surface area contributed by atoms with Gasteiger partial charge in [0, 0.05) is 29.8 Å². The van der Waals surface area contributed by atoms with Crippen molar-refractivity contribution in [3.8, 4) is 0 Å². The molecule has 0 unspecified atom stereocenters. The molecule has 0 aliphatic carbocycles. The number of rotatable bonds is 5. The predicted molar refractivity (Wildman–Crippen MR) is 85.4 cm³/mol. The highest BCUT2D eigenvalue weighted by Crippen LogP contribution is 2.34. The van der Waals surface area contributed by atoms with Gasteiger partial charge >= 0.3 is 12.0 Å². The van der Waals surface area contributed by atoms with Gasteiger partial charge in [-0.05, 0) is 12.1 Å². The van der Waals surface area contributed by atoms with Crippen LogP contribution in [0.15, 0.2) is 18.2 Å². The molecule has 0 bridgehead atoms. The molecule has 2 aromatic rings. The maximum absolute atomic E-state index is 14.0. The van der Waals surface area contributed by atoms with Crippen molar-refractivity contribution in [2.45, 2.75) is 6.61 Å². The van der Waals surface area contributed by atoms with Crippen molar-refractivity contribution < 1.29 is 28.2 Å². The van der Waals surface area contributed by atoms with Gasteiger partial charge in [-0.1, -0.05) is 6.07 Å². The van der Waals surface area contributed by atoms with Crippen LogP contribution in [-0.2, 0) is 20.9 Å². The lowest BCUT2D eigenvalue weighted by Crippen LogP contribution is -2.39. The number of carbonyl (C=O) groups excluding carboxylic acids is 3. The van der Waals surface area contributed by atoms with Crippen molar-refractivity contribution in [1.82, 2.24) is 10.6 Å². The minimum atomic E-state index is -0.783. The van der Waals surface area contributed by atoms with E-state index in [4.69, 9.17) is 9.47 Å². The molecule has 1 heterocycles. The zero-order chi connectivity index (χ0) is 17.7. The van der Waals surface area contributed by atoms with Gasteiger partial charge in [0.05, 0.1) is 6.61 Å². The molecule has 0 atom stereocenters. The second-order valence-electron chi connectivity index (χ2n) is 4.66. The Kier molecular flexibility index (Phi) is 5.83. The summed E-state index contributed by atoms with van der Waals surface area (Å²) in [6.45, 7) is -0.606. The summed E-state index contributed by atoms with van der Waals surface area (Å²) in [6.07, 6.45) is 0. The van der Waals surface area contributed by atoms with Crippen molar-refractivity contribution in [2.75, 3.05) is 20.8 Å². The molecule has 128 valence electrons. The number of halogens is 1. The zero-order valence-electron chi connectivity index (χ0n) is 13.0. The van der Waals surface area contributed by atoms with Crippen LogP contribution in [0.25, 0.3) is 10.1 Å². The molecule has 1 aromatic heterocycles. The molecule has 0 radical (unpaired) electrons. The fourth-order valence-electron chi connectivity index (χ4n) is 2.04. The number of fused-ring (bicyclic) bond motifs is 1. The molecular formula is C15H15FN2O5S. The lowest BCUT2D eigenvalue weighted by atomic mass is 10.1. The normalized spacial score (nSPS) is 10.5. The molecule has 2 N–H and O–H groups in total. The van der Waals surface area contributed by atoms with Crippen molar-refractivity contribution in [2.24, 2.45) is 0 Å². The molecule has 0 aliphatic rings. The molecule has 2 rings (SSSR count). The molecule has 0 fully saturated rings. The van der Waals surface area contributed by atoms with Crippen molar-refractivity contribution >= 4 is 39.3 Å². The van der Waals surface area contributed by atoms with Gasteiger partial charge in [-0.15, -0.1) is 11.3 Å². The second kappa shape index (κ2) is 7.84. The monoisotopic (exact) mass is 354 g/mol. The number of nitrogens with one attached hydrogen (secondary N) is 2. The number of amides is 3. The summed E-state index contributed by atoms with van der Waals surface area (Å²) in [5, 5.41) is 4.46. The van der Waals surface area contributed by atoms with Crippen LogP contribution in [0.4, 0.5) is 9.18 Å². The number of hydrogen-bond acceptors (Lipinski definition) is 6. The molecule has 24 heavy (non-hydrogen) atoms. The molecule has 0 spiro atoms. The Bertz CT molecular complexity index is 790. The standard InChI is InChI=1S/C15H15FN2O5S/c1-17-15(21)18-11(19)7-23-14(20)13-8(6-22-2)12-9(16)4-3-5-10(12)24-13/h3-5H,6-7H2,1-2H3,(H2,17,18,19,21). The van der Waals surface area contributed by atoms with Crippen LogP contribution in [0.5, 0.6) is 0 Å². The minimum absolute atomic E-state index is 0.0236. The van der Waals surface area contributed by atoms with Crippen LogP contribution in [0.1, 0.15) is 15.2 Å². The molecule has 0 saturated heterocycles. The van der Waals surface area contributed by atoms with Crippen LogP contribution in [-0.4, -0.2) is 38.7 Å². The molecule has 3 amide bonds. The Morgan fingerprint density at radius 3 is 2.71 bits per heavy atom. The van der Waals surface area contributed by atoms with Crippen LogP contribution in [0.2, 0.25) is 0 Å². The number of esters is 1. The lowest BCUT2D eigenvalue weighted by Gasteiger charge is -2.06. The highest BCUT2D eigenvalue weighted by Gasteiger charge is 2.22. The smallest absolute Gasteiger partial charge is 0.349 e. The minimum Gasteiger partial charge on any atom is -0.451 e. The Morgan fingerprint density at radius 2 is 2.04 bits per heavy atom. The summed E-state index contributed by atoms with van der Waals surface area (Å²) in [7, 11) is 2.77. The van der Waals surface area contributed by atoms with E-state index in [2.05, 4.69) is 5.32 Å². The number of carbonyl (C=O) groups is 3. The summed E-state index contributed by atoms with van der Waals surface area (Å²) in [6, 6.07) is 3.80. The number of benzene rings is 1. The lowest BCUT2D eigenvalue weighted by molar-refractivity contribution is -0.123. The first-order valence-corrected chi connectivity index (χ1v) is 7.67. The average molecular weight is 354 g/mol. The van der Waals surface area contributed by atoms with Gasteiger partial charge < -0.3 is 14.8 Å². The Labute approximate surface area is 140 Å². The van der Waals surface area contributed by atoms with E-state index in [9.17, 15) is 18.8 Å². The van der Waals surface area contributed by atoms with E-state index in [1.165, 1.54) is 26.3 Å². The molecular weight excluding hydrogens is 339 g/mol. The fraction of sp³-hybridized carbons (Fsp3) is 0.267. The average Bonchev–Trinajstić information content (AvgIpc) is 2.93. The molecule has 1 aromatic carbocycles. The van der Waals surface area contributed by atoms with E-state index >= 15 is 0 Å². The first kappa shape index (κ1) is 17.8. The van der Waals surface area contributed by atoms with E-state index in [1.54, 1.807) is 6.07 Å². The van der Waals surface area contributed by atoms with Gasteiger partial charge in [0.25, 0.3) is 5.91 Å². The van der Waals surface area contributed by atoms with E-state index in [0.29, 0.717) is 15.6 Å². The van der Waals surface area contributed by atoms with Gasteiger partial charge in [-0.3, -0.25) is 10.1 Å². The third-order valence-corrected chi connectivity index (χ3v) is 4.23. The maximum atomic E-state index is 14.0. The zero-order valence-corrected chi connectivity index (χ0v) is 13.8. The fourth-order valence-corrected chi connectivity index (χ4v) is 3.15. The Morgan fingerprint density at radius 1 is 1.29 bits per heavy atom. The summed E-state index contributed by atoms with van der Waals surface area (Å²) in [4.78, 5) is 34.8. The van der Waals surface area contributed by atoms with Gasteiger partial charge in [-0.2, -0.15) is 0 Å². The van der Waals surface area contributed by atoms with E-state index in [-0.39, 0.29) is 11.5 Å². The third kappa shape index (κ3) is 3.87. The number of urea groups is 1. The highest BCUT2D eigenvalue weighted by atomic mass is 32.1. The van der Waals surface area contributed by atoms with Crippen molar-refractivity contribution in [3.63, 3.8) is 0 Å². The second-order valence-corrected chi connectivity index (χ2v) is 5.71. The van der Waals surface area contributed by atoms with Crippen molar-refractivity contribution in [1.29, 1.82) is 0 Å². The SMILES string of the molecule is CNC(=O)NC(=O)COC(=O)c1sc2cccc(F)c2c1COC. The quantitative estimate of drug-likeness (QED) is 0.799. The largest absolute Gasteiger partial charge is 0.451 e. The number of imide groups is 1. The van der Waals surface area contributed by atoms with Crippen LogP contribution in [0, 0.1) is 5.82 Å². The van der Waals surface area contributed by atoms with E-state index < -0.39 is 30.3 Å². The van der Waals surface area contributed by atoms with Gasteiger partial charge in [0.1, 0.15) is 10.7 Å². The van der Waals surface area contributed by atoms with Gasteiger partial charge in [0.2, 0.25) is 0 Å². The molecule has 9 heteroatoms. The summed E-state index contributed by atoms with van der Waals surface area (Å²) >= 11 is 1.05. The number of ether oxygens (including phenoxy) is 2. The third-order valence-electron chi connectivity index (χ3n) is 3.05. The van der Waals surface area contributed by atoms with Gasteiger partial charge in [0.15, 0.2) is 6.61 Å². The predicted octanol–water partition coefficient (Wildman–Crippen LogP) is 1.80. The number of hydrogen-bond donors (Lipinski definition) is 2. The van der Waals surface area contributed by atoms with Crippen LogP contribution in [0.3, 0.4) is 0 Å². The van der Waals surface area contributed by atoms with Crippen LogP contribution >= 0.6 is 11.3 Å². The summed E-state index contributed by atoms with van der Waals surface area (Å²) < 4.78 is 24.5. The summed E-state index contributed by atoms with van der Waals surface area (Å²) in [5.74, 6) is -2.02. The first-order valence-electron chi connectivity index (χ1n) is 6.85. The van der Waals surface area contributed by atoms with Crippen molar-refractivity contribution in [3.05, 3.63) is 34.5 Å². The molecule has 7 nitrogen and oxygen atoms in total. The number of thiophene rings is 1. The van der Waals surface area contributed by atoms with Crippen LogP contribution < -0.4 is 10.6 Å². The summed E-state index contributed by atoms with van der Waals surface area (Å²) in [5.41, 5.74) is 0.368. The van der Waals surface area contributed by atoms with E-state index in [0.717, 1.165) is 11.3 Å². The Hall–Kier alpha value is -2.52. The highest BCUT2D eigenvalue weighted by molar-refractivity contribution is 7.21. The number of methoxy groups -OCH3 is 1. The molecule has 0 saturated carbocycles. The van der Waals surface area contributed by atoms with Gasteiger partial charge in [-0.25, -0.2) is 14.0 Å².